The Morgan fingerprint density at radius 3 is 2.89 bits per heavy atom. The first-order valence-corrected chi connectivity index (χ1v) is 8.89. The SMILES string of the molecule is O=C1NCC(C(=O)NC(CO)C(=O)N2CCc3c([nH]c4ccccc34)C2)N1. The molecule has 4 rings (SSSR count). The number of hydrogen-bond acceptors (Lipinski definition) is 4. The van der Waals surface area contributed by atoms with E-state index < -0.39 is 30.6 Å². The average Bonchev–Trinajstić information content (AvgIpc) is 3.28. The summed E-state index contributed by atoms with van der Waals surface area (Å²) in [5.41, 5.74) is 3.22. The number of aromatic nitrogens is 1. The number of H-pyrrole nitrogens is 1. The smallest absolute Gasteiger partial charge is 0.315 e. The van der Waals surface area contributed by atoms with Crippen molar-refractivity contribution in [1.82, 2.24) is 25.8 Å². The number of rotatable bonds is 4. The maximum absolute atomic E-state index is 12.8. The summed E-state index contributed by atoms with van der Waals surface area (Å²) in [6.45, 7) is 0.562. The van der Waals surface area contributed by atoms with E-state index in [4.69, 9.17) is 0 Å². The molecule has 2 aliphatic rings. The normalized spacial score (nSPS) is 20.0. The van der Waals surface area contributed by atoms with Gasteiger partial charge in [-0.3, -0.25) is 9.59 Å². The van der Waals surface area contributed by atoms with Crippen molar-refractivity contribution >= 4 is 28.7 Å². The summed E-state index contributed by atoms with van der Waals surface area (Å²) >= 11 is 0. The molecule has 9 heteroatoms. The van der Waals surface area contributed by atoms with Crippen molar-refractivity contribution in [2.24, 2.45) is 0 Å². The monoisotopic (exact) mass is 371 g/mol. The summed E-state index contributed by atoms with van der Waals surface area (Å²) in [5.74, 6) is -0.837. The number of urea groups is 1. The van der Waals surface area contributed by atoms with Crippen LogP contribution in [0.3, 0.4) is 0 Å². The van der Waals surface area contributed by atoms with E-state index >= 15 is 0 Å². The molecule has 1 saturated heterocycles. The van der Waals surface area contributed by atoms with E-state index in [2.05, 4.69) is 27.0 Å². The highest BCUT2D eigenvalue weighted by atomic mass is 16.3. The standard InChI is InChI=1S/C18H21N5O4/c24-9-15(21-16(25)13-7-19-18(27)22-13)17(26)23-6-5-11-10-3-1-2-4-12(10)20-14(11)8-23/h1-4,13,15,20,24H,5-9H2,(H,21,25)(H2,19,22,27). The summed E-state index contributed by atoms with van der Waals surface area (Å²) in [7, 11) is 0. The minimum atomic E-state index is -1.04. The van der Waals surface area contributed by atoms with Gasteiger partial charge < -0.3 is 30.9 Å². The maximum Gasteiger partial charge on any atom is 0.315 e. The maximum atomic E-state index is 12.8. The highest BCUT2D eigenvalue weighted by molar-refractivity contribution is 5.94. The van der Waals surface area contributed by atoms with Crippen molar-refractivity contribution in [3.63, 3.8) is 0 Å². The minimum Gasteiger partial charge on any atom is -0.394 e. The molecule has 1 aromatic heterocycles. The molecule has 0 radical (unpaired) electrons. The fourth-order valence-corrected chi connectivity index (χ4v) is 3.67. The molecule has 0 aliphatic carbocycles. The quantitative estimate of drug-likeness (QED) is 0.483. The second kappa shape index (κ2) is 6.92. The molecule has 5 N–H and O–H groups in total. The van der Waals surface area contributed by atoms with Gasteiger partial charge >= 0.3 is 6.03 Å². The summed E-state index contributed by atoms with van der Waals surface area (Å²) < 4.78 is 0. The summed E-state index contributed by atoms with van der Waals surface area (Å²) in [6.07, 6.45) is 0.708. The van der Waals surface area contributed by atoms with E-state index in [1.165, 1.54) is 5.56 Å². The molecule has 0 bridgehead atoms. The number of amides is 4. The lowest BCUT2D eigenvalue weighted by Crippen LogP contribution is -2.55. The average molecular weight is 371 g/mol. The van der Waals surface area contributed by atoms with Crippen LogP contribution in [0.4, 0.5) is 4.79 Å². The van der Waals surface area contributed by atoms with Crippen molar-refractivity contribution < 1.29 is 19.5 Å². The molecule has 1 fully saturated rings. The first-order chi connectivity index (χ1) is 13.1. The van der Waals surface area contributed by atoms with Gasteiger partial charge in [0.1, 0.15) is 12.1 Å². The van der Waals surface area contributed by atoms with Crippen LogP contribution >= 0.6 is 0 Å². The second-order valence-corrected chi connectivity index (χ2v) is 6.79. The molecule has 2 aliphatic heterocycles. The molecule has 3 heterocycles. The number of hydrogen-bond donors (Lipinski definition) is 5. The van der Waals surface area contributed by atoms with Crippen LogP contribution in [0.2, 0.25) is 0 Å². The van der Waals surface area contributed by atoms with E-state index in [0.717, 1.165) is 16.6 Å². The van der Waals surface area contributed by atoms with Crippen molar-refractivity contribution in [1.29, 1.82) is 0 Å². The third-order valence-electron chi connectivity index (χ3n) is 5.08. The van der Waals surface area contributed by atoms with Crippen LogP contribution in [0.1, 0.15) is 11.3 Å². The van der Waals surface area contributed by atoms with Crippen LogP contribution in [-0.4, -0.2) is 64.6 Å². The number of benzene rings is 1. The zero-order valence-corrected chi connectivity index (χ0v) is 14.6. The molecular weight excluding hydrogens is 350 g/mol. The van der Waals surface area contributed by atoms with Gasteiger partial charge in [0.2, 0.25) is 11.8 Å². The Labute approximate surface area is 155 Å². The number of aliphatic hydroxyl groups is 1. The van der Waals surface area contributed by atoms with Gasteiger partial charge in [-0.1, -0.05) is 18.2 Å². The molecule has 0 saturated carbocycles. The lowest BCUT2D eigenvalue weighted by atomic mass is 10.0. The Bertz CT molecular complexity index is 908. The van der Waals surface area contributed by atoms with Gasteiger partial charge in [-0.15, -0.1) is 0 Å². The molecule has 0 spiro atoms. The summed E-state index contributed by atoms with van der Waals surface area (Å²) in [4.78, 5) is 41.1. The van der Waals surface area contributed by atoms with Crippen LogP contribution in [0, 0.1) is 0 Å². The first-order valence-electron chi connectivity index (χ1n) is 8.89. The zero-order valence-electron chi connectivity index (χ0n) is 14.6. The van der Waals surface area contributed by atoms with Gasteiger partial charge in [0.15, 0.2) is 0 Å². The third kappa shape index (κ3) is 3.21. The van der Waals surface area contributed by atoms with Crippen molar-refractivity contribution in [2.45, 2.75) is 25.0 Å². The molecular formula is C18H21N5O4. The predicted molar refractivity (Wildman–Crippen MR) is 96.8 cm³/mol. The van der Waals surface area contributed by atoms with E-state index in [1.807, 2.05) is 18.2 Å². The number of nitrogens with zero attached hydrogens (tertiary/aromatic N) is 1. The molecule has 27 heavy (non-hydrogen) atoms. The zero-order chi connectivity index (χ0) is 19.0. The number of nitrogens with one attached hydrogen (secondary N) is 4. The topological polar surface area (TPSA) is 127 Å². The largest absolute Gasteiger partial charge is 0.394 e. The van der Waals surface area contributed by atoms with Gasteiger partial charge in [-0.25, -0.2) is 4.79 Å². The van der Waals surface area contributed by atoms with Crippen LogP contribution in [0.25, 0.3) is 10.9 Å². The van der Waals surface area contributed by atoms with Crippen molar-refractivity contribution in [3.8, 4) is 0 Å². The first kappa shape index (κ1) is 17.3. The molecule has 4 amide bonds. The highest BCUT2D eigenvalue weighted by Gasteiger charge is 2.33. The molecule has 9 nitrogen and oxygen atoms in total. The Morgan fingerprint density at radius 2 is 2.15 bits per heavy atom. The molecule has 2 unspecified atom stereocenters. The Kier molecular flexibility index (Phi) is 4.44. The molecule has 1 aromatic carbocycles. The van der Waals surface area contributed by atoms with E-state index in [0.29, 0.717) is 19.5 Å². The van der Waals surface area contributed by atoms with E-state index in [9.17, 15) is 19.5 Å². The van der Waals surface area contributed by atoms with Gasteiger partial charge in [-0.05, 0) is 18.1 Å². The van der Waals surface area contributed by atoms with E-state index in [1.54, 1.807) is 4.90 Å². The van der Waals surface area contributed by atoms with Gasteiger partial charge in [0.25, 0.3) is 0 Å². The lowest BCUT2D eigenvalue weighted by Gasteiger charge is -2.30. The van der Waals surface area contributed by atoms with Gasteiger partial charge in [-0.2, -0.15) is 0 Å². The van der Waals surface area contributed by atoms with Crippen LogP contribution in [0.5, 0.6) is 0 Å². The second-order valence-electron chi connectivity index (χ2n) is 6.79. The number of fused-ring (bicyclic) bond motifs is 3. The van der Waals surface area contributed by atoms with Gasteiger partial charge in [0, 0.05) is 29.7 Å². The Morgan fingerprint density at radius 1 is 1.33 bits per heavy atom. The van der Waals surface area contributed by atoms with Crippen LogP contribution in [-0.2, 0) is 22.6 Å². The van der Waals surface area contributed by atoms with Crippen molar-refractivity contribution in [3.05, 3.63) is 35.5 Å². The summed E-state index contributed by atoms with van der Waals surface area (Å²) in [6, 6.07) is 5.79. The van der Waals surface area contributed by atoms with Crippen LogP contribution < -0.4 is 16.0 Å². The Balaban J connectivity index is 1.45. The predicted octanol–water partition coefficient (Wildman–Crippen LogP) is -0.789. The summed E-state index contributed by atoms with van der Waals surface area (Å²) in [5, 5.41) is 18.2. The Hall–Kier alpha value is -3.07. The number of aliphatic hydroxyl groups excluding tert-OH is 1. The number of aromatic amines is 1. The van der Waals surface area contributed by atoms with E-state index in [-0.39, 0.29) is 12.5 Å². The van der Waals surface area contributed by atoms with Crippen LogP contribution in [0.15, 0.2) is 24.3 Å². The fraction of sp³-hybridized carbons (Fsp3) is 0.389. The van der Waals surface area contributed by atoms with Gasteiger partial charge in [0.05, 0.1) is 13.2 Å². The third-order valence-corrected chi connectivity index (χ3v) is 5.08. The number of carbonyl (C=O) groups is 3. The molecule has 2 atom stereocenters. The minimum absolute atomic E-state index is 0.152. The lowest BCUT2D eigenvalue weighted by molar-refractivity contribution is -0.138. The molecule has 142 valence electrons. The number of carbonyl (C=O) groups excluding carboxylic acids is 3. The molecule has 2 aromatic rings. The van der Waals surface area contributed by atoms with Crippen molar-refractivity contribution in [2.75, 3.05) is 19.7 Å². The number of para-hydroxylation sites is 1. The highest BCUT2D eigenvalue weighted by Crippen LogP contribution is 2.27. The fourth-order valence-electron chi connectivity index (χ4n) is 3.67.